The molecule has 0 atom stereocenters. The van der Waals surface area contributed by atoms with Gasteiger partial charge in [0, 0.05) is 16.3 Å². The van der Waals surface area contributed by atoms with Crippen LogP contribution in [0.3, 0.4) is 0 Å². The molecule has 3 rings (SSSR count). The van der Waals surface area contributed by atoms with Gasteiger partial charge < -0.3 is 13.9 Å². The Morgan fingerprint density at radius 3 is 2.47 bits per heavy atom. The zero-order valence-electron chi connectivity index (χ0n) is 7.66. The highest BCUT2D eigenvalue weighted by Gasteiger charge is 2.16. The molecule has 0 radical (unpaired) electrons. The van der Waals surface area contributed by atoms with Crippen LogP contribution < -0.4 is 0 Å². The van der Waals surface area contributed by atoms with Crippen LogP contribution in [0.25, 0.3) is 21.9 Å². The van der Waals surface area contributed by atoms with Gasteiger partial charge in [-0.1, -0.05) is 0 Å². The van der Waals surface area contributed by atoms with Gasteiger partial charge in [-0.2, -0.15) is 0 Å². The molecule has 0 aliphatic carbocycles. The number of rotatable bonds is 1. The van der Waals surface area contributed by atoms with Gasteiger partial charge >= 0.3 is 0 Å². The van der Waals surface area contributed by atoms with Crippen LogP contribution in [0.2, 0.25) is 0 Å². The summed E-state index contributed by atoms with van der Waals surface area (Å²) in [6, 6.07) is 3.67. The molecule has 4 heteroatoms. The molecular formula is C11H7BrO3. The lowest BCUT2D eigenvalue weighted by atomic mass is 10.1. The molecule has 0 fully saturated rings. The van der Waals surface area contributed by atoms with E-state index in [0.29, 0.717) is 5.58 Å². The summed E-state index contributed by atoms with van der Waals surface area (Å²) in [4.78, 5) is 0. The summed E-state index contributed by atoms with van der Waals surface area (Å²) in [5, 5.41) is 11.1. The molecule has 1 N–H and O–H groups in total. The second-order valence-corrected chi connectivity index (χ2v) is 4.07. The van der Waals surface area contributed by atoms with Gasteiger partial charge in [0.15, 0.2) is 0 Å². The van der Waals surface area contributed by atoms with E-state index in [9.17, 15) is 5.11 Å². The van der Waals surface area contributed by atoms with Gasteiger partial charge in [0.1, 0.15) is 11.2 Å². The third kappa shape index (κ3) is 1.09. The molecule has 3 nitrogen and oxygen atoms in total. The Morgan fingerprint density at radius 2 is 1.73 bits per heavy atom. The van der Waals surface area contributed by atoms with Crippen molar-refractivity contribution in [3.63, 3.8) is 0 Å². The molecule has 0 saturated carbocycles. The van der Waals surface area contributed by atoms with Crippen molar-refractivity contribution < 1.29 is 13.9 Å². The summed E-state index contributed by atoms with van der Waals surface area (Å²) in [5.41, 5.74) is 2.22. The second-order valence-electron chi connectivity index (χ2n) is 3.28. The molecule has 0 aliphatic rings. The van der Waals surface area contributed by atoms with E-state index >= 15 is 0 Å². The zero-order chi connectivity index (χ0) is 10.4. The third-order valence-corrected chi connectivity index (χ3v) is 3.31. The van der Waals surface area contributed by atoms with Crippen molar-refractivity contribution in [2.75, 3.05) is 0 Å². The van der Waals surface area contributed by atoms with Gasteiger partial charge in [-0.25, -0.2) is 0 Å². The number of fused-ring (bicyclic) bond motifs is 2. The Bertz CT molecular complexity index is 584. The number of hydrogen-bond donors (Lipinski definition) is 1. The smallest absolute Gasteiger partial charge is 0.149 e. The highest BCUT2D eigenvalue weighted by Crippen LogP contribution is 2.37. The molecule has 1 aromatic carbocycles. The summed E-state index contributed by atoms with van der Waals surface area (Å²) >= 11 is 3.47. The Labute approximate surface area is 93.4 Å². The molecular weight excluding hydrogens is 260 g/mol. The second kappa shape index (κ2) is 3.12. The number of halogens is 1. The van der Waals surface area contributed by atoms with Crippen molar-refractivity contribution in [3.05, 3.63) is 34.7 Å². The fraction of sp³-hybridized carbons (Fsp3) is 0.0909. The van der Waals surface area contributed by atoms with Crippen LogP contribution in [0.15, 0.2) is 38.0 Å². The molecule has 0 aliphatic heterocycles. The molecule has 15 heavy (non-hydrogen) atoms. The van der Waals surface area contributed by atoms with Crippen LogP contribution in [0, 0.1) is 0 Å². The van der Waals surface area contributed by atoms with E-state index in [1.165, 1.54) is 0 Å². The lowest BCUT2D eigenvalue weighted by Crippen LogP contribution is -1.86. The van der Waals surface area contributed by atoms with Gasteiger partial charge in [-0.05, 0) is 28.1 Å². The standard InChI is InChI=1S/C11H7BrO3/c12-9-7-2-4-14-10(7)8(5-13)6-1-3-15-11(6)9/h1-4,13H,5H2. The highest BCUT2D eigenvalue weighted by molar-refractivity contribution is 9.10. The van der Waals surface area contributed by atoms with Gasteiger partial charge in [-0.15, -0.1) is 0 Å². The quantitative estimate of drug-likeness (QED) is 0.734. The molecule has 0 saturated heterocycles. The van der Waals surface area contributed by atoms with E-state index in [1.807, 2.05) is 12.1 Å². The molecule has 0 bridgehead atoms. The van der Waals surface area contributed by atoms with Gasteiger partial charge in [0.25, 0.3) is 0 Å². The normalized spacial score (nSPS) is 11.6. The Hall–Kier alpha value is -1.26. The molecule has 2 aromatic heterocycles. The Balaban J connectivity index is 2.64. The van der Waals surface area contributed by atoms with Crippen LogP contribution in [-0.2, 0) is 6.61 Å². The lowest BCUT2D eigenvalue weighted by molar-refractivity contribution is 0.283. The molecule has 2 heterocycles. The monoisotopic (exact) mass is 266 g/mol. The minimum Gasteiger partial charge on any atom is -0.464 e. The fourth-order valence-corrected chi connectivity index (χ4v) is 2.45. The third-order valence-electron chi connectivity index (χ3n) is 2.52. The minimum absolute atomic E-state index is 0.0622. The van der Waals surface area contributed by atoms with E-state index in [1.54, 1.807) is 12.5 Å². The molecule has 3 aromatic rings. The predicted octanol–water partition coefficient (Wildman–Crippen LogP) is 3.43. The summed E-state index contributed by atoms with van der Waals surface area (Å²) in [6.07, 6.45) is 3.21. The maximum atomic E-state index is 9.34. The average molecular weight is 267 g/mol. The maximum Gasteiger partial charge on any atom is 0.149 e. The number of hydrogen-bond acceptors (Lipinski definition) is 3. The topological polar surface area (TPSA) is 46.5 Å². The fourth-order valence-electron chi connectivity index (χ4n) is 1.83. The predicted molar refractivity (Wildman–Crippen MR) is 59.6 cm³/mol. The SMILES string of the molecule is OCc1c2ccoc2c(Br)c2ccoc12. The first kappa shape index (κ1) is 9.00. The summed E-state index contributed by atoms with van der Waals surface area (Å²) in [6.45, 7) is -0.0622. The van der Waals surface area contributed by atoms with E-state index in [0.717, 1.165) is 26.4 Å². The summed E-state index contributed by atoms with van der Waals surface area (Å²) < 4.78 is 11.6. The summed E-state index contributed by atoms with van der Waals surface area (Å²) in [7, 11) is 0. The maximum absolute atomic E-state index is 9.34. The molecule has 76 valence electrons. The van der Waals surface area contributed by atoms with Crippen molar-refractivity contribution >= 4 is 37.9 Å². The van der Waals surface area contributed by atoms with Crippen LogP contribution in [-0.4, -0.2) is 5.11 Å². The first-order chi connectivity index (χ1) is 7.33. The number of benzene rings is 1. The van der Waals surface area contributed by atoms with Crippen LogP contribution >= 0.6 is 15.9 Å². The van der Waals surface area contributed by atoms with Crippen molar-refractivity contribution in [1.82, 2.24) is 0 Å². The molecule has 0 spiro atoms. The Morgan fingerprint density at radius 1 is 1.07 bits per heavy atom. The van der Waals surface area contributed by atoms with Crippen LogP contribution in [0.1, 0.15) is 5.56 Å². The number of aliphatic hydroxyl groups excluding tert-OH is 1. The van der Waals surface area contributed by atoms with Gasteiger partial charge in [0.2, 0.25) is 0 Å². The average Bonchev–Trinajstić information content (AvgIpc) is 2.85. The van der Waals surface area contributed by atoms with Crippen molar-refractivity contribution in [2.45, 2.75) is 6.61 Å². The number of aliphatic hydroxyl groups is 1. The van der Waals surface area contributed by atoms with Crippen LogP contribution in [0.5, 0.6) is 0 Å². The lowest BCUT2D eigenvalue weighted by Gasteiger charge is -2.02. The minimum atomic E-state index is -0.0622. The molecule has 0 amide bonds. The largest absolute Gasteiger partial charge is 0.464 e. The highest BCUT2D eigenvalue weighted by atomic mass is 79.9. The van der Waals surface area contributed by atoms with E-state index < -0.39 is 0 Å². The van der Waals surface area contributed by atoms with Crippen LogP contribution in [0.4, 0.5) is 0 Å². The van der Waals surface area contributed by atoms with Gasteiger partial charge in [-0.3, -0.25) is 0 Å². The first-order valence-corrected chi connectivity index (χ1v) is 5.28. The van der Waals surface area contributed by atoms with Crippen molar-refractivity contribution in [3.8, 4) is 0 Å². The van der Waals surface area contributed by atoms with E-state index in [-0.39, 0.29) is 6.61 Å². The molecule has 0 unspecified atom stereocenters. The van der Waals surface area contributed by atoms with E-state index in [2.05, 4.69) is 15.9 Å². The van der Waals surface area contributed by atoms with Gasteiger partial charge in [0.05, 0.1) is 23.6 Å². The van der Waals surface area contributed by atoms with Crippen molar-refractivity contribution in [1.29, 1.82) is 0 Å². The van der Waals surface area contributed by atoms with Crippen molar-refractivity contribution in [2.24, 2.45) is 0 Å². The first-order valence-electron chi connectivity index (χ1n) is 4.48. The summed E-state index contributed by atoms with van der Waals surface area (Å²) in [5.74, 6) is 0. The van der Waals surface area contributed by atoms with E-state index in [4.69, 9.17) is 8.83 Å². The Kier molecular flexibility index (Phi) is 1.87. The number of furan rings is 2. The zero-order valence-corrected chi connectivity index (χ0v) is 9.24.